The normalized spacial score (nSPS) is 16.2. The van der Waals surface area contributed by atoms with Crippen LogP contribution in [0.3, 0.4) is 0 Å². The van der Waals surface area contributed by atoms with E-state index in [1.54, 1.807) is 24.5 Å². The maximum absolute atomic E-state index is 11.4. The summed E-state index contributed by atoms with van der Waals surface area (Å²) in [6, 6.07) is 11.4. The average molecular weight is 324 g/mol. The average Bonchev–Trinajstić information content (AvgIpc) is 3.34. The highest BCUT2D eigenvalue weighted by molar-refractivity contribution is 7.80. The van der Waals surface area contributed by atoms with Crippen molar-refractivity contribution in [1.29, 1.82) is 5.26 Å². The molecule has 116 valence electrons. The van der Waals surface area contributed by atoms with Gasteiger partial charge in [-0.15, -0.1) is 0 Å². The van der Waals surface area contributed by atoms with Crippen molar-refractivity contribution in [3.63, 3.8) is 0 Å². The van der Waals surface area contributed by atoms with E-state index in [9.17, 15) is 4.79 Å². The number of nitriles is 1. The highest BCUT2D eigenvalue weighted by Crippen LogP contribution is 2.53. The zero-order chi connectivity index (χ0) is 16.4. The Morgan fingerprint density at radius 2 is 2.04 bits per heavy atom. The van der Waals surface area contributed by atoms with E-state index in [1.807, 2.05) is 18.2 Å². The Labute approximate surface area is 140 Å². The molecule has 0 radical (unpaired) electrons. The molecule has 3 rings (SSSR count). The first-order chi connectivity index (χ1) is 11.1. The second-order valence-corrected chi connectivity index (χ2v) is 6.23. The van der Waals surface area contributed by atoms with Crippen LogP contribution in [0.15, 0.2) is 42.7 Å². The van der Waals surface area contributed by atoms with Gasteiger partial charge in [0.15, 0.2) is 0 Å². The number of hydrogen-bond donors (Lipinski definition) is 1. The molecule has 0 bridgehead atoms. The van der Waals surface area contributed by atoms with Gasteiger partial charge in [-0.1, -0.05) is 12.1 Å². The topological polar surface area (TPSA) is 63.0 Å². The minimum Gasteiger partial charge on any atom is -0.458 e. The molecule has 4 nitrogen and oxygen atoms in total. The number of nitrogens with zero attached hydrogens (tertiary/aromatic N) is 2. The number of aromatic nitrogens is 1. The van der Waals surface area contributed by atoms with Crippen molar-refractivity contribution < 1.29 is 9.53 Å². The first kappa shape index (κ1) is 15.6. The molecule has 0 spiro atoms. The van der Waals surface area contributed by atoms with Crippen molar-refractivity contribution in [1.82, 2.24) is 4.98 Å². The molecule has 2 aromatic rings. The first-order valence-corrected chi connectivity index (χ1v) is 7.89. The van der Waals surface area contributed by atoms with E-state index in [0.717, 1.165) is 29.5 Å². The highest BCUT2D eigenvalue weighted by Gasteiger charge is 2.52. The molecular formula is C18H16N2O2S. The van der Waals surface area contributed by atoms with Crippen molar-refractivity contribution in [2.75, 3.05) is 0 Å². The van der Waals surface area contributed by atoms with Crippen LogP contribution in [0.2, 0.25) is 0 Å². The van der Waals surface area contributed by atoms with Gasteiger partial charge in [0.05, 0.1) is 16.9 Å². The third-order valence-corrected chi connectivity index (χ3v) is 4.81. The van der Waals surface area contributed by atoms with Gasteiger partial charge < -0.3 is 4.74 Å². The Bertz CT molecular complexity index is 776. The Kier molecular flexibility index (Phi) is 4.10. The predicted octanol–water partition coefficient (Wildman–Crippen LogP) is 3.69. The monoisotopic (exact) mass is 324 g/mol. The van der Waals surface area contributed by atoms with Crippen LogP contribution in [0.1, 0.15) is 36.1 Å². The number of pyridine rings is 1. The minimum atomic E-state index is -0.516. The fourth-order valence-corrected chi connectivity index (χ4v) is 3.27. The van der Waals surface area contributed by atoms with E-state index >= 15 is 0 Å². The van der Waals surface area contributed by atoms with Gasteiger partial charge in [-0.2, -0.15) is 17.9 Å². The summed E-state index contributed by atoms with van der Waals surface area (Å²) in [6.45, 7) is 1.43. The molecule has 1 heterocycles. The van der Waals surface area contributed by atoms with Gasteiger partial charge in [-0.25, -0.2) is 0 Å². The third kappa shape index (κ3) is 3.08. The quantitative estimate of drug-likeness (QED) is 0.688. The van der Waals surface area contributed by atoms with Crippen LogP contribution >= 0.6 is 12.6 Å². The Balaban J connectivity index is 1.98. The molecule has 1 aromatic carbocycles. The van der Waals surface area contributed by atoms with Crippen molar-refractivity contribution >= 4 is 18.6 Å². The maximum atomic E-state index is 11.4. The van der Waals surface area contributed by atoms with E-state index in [-0.39, 0.29) is 11.2 Å². The van der Waals surface area contributed by atoms with Crippen molar-refractivity contribution in [2.45, 2.75) is 30.6 Å². The molecule has 5 heteroatoms. The molecule has 1 saturated carbocycles. The fraction of sp³-hybridized carbons (Fsp3) is 0.278. The maximum Gasteiger partial charge on any atom is 0.303 e. The number of carbonyl (C=O) groups excluding carboxylic acids is 1. The Hall–Kier alpha value is -2.32. The van der Waals surface area contributed by atoms with E-state index in [0.29, 0.717) is 5.56 Å². The summed E-state index contributed by atoms with van der Waals surface area (Å²) in [5.74, 6) is -0.282. The van der Waals surface area contributed by atoms with Crippen LogP contribution in [0.25, 0.3) is 11.1 Å². The summed E-state index contributed by atoms with van der Waals surface area (Å²) in [5, 5.41) is 8.71. The zero-order valence-corrected chi connectivity index (χ0v) is 13.6. The molecule has 1 unspecified atom stereocenters. The SMILES string of the molecule is CC(=O)OC1(C(S)c2ccncc2-c2ccc(C#N)cc2)CC1. The van der Waals surface area contributed by atoms with Gasteiger partial charge >= 0.3 is 5.97 Å². The van der Waals surface area contributed by atoms with Crippen LogP contribution in [-0.4, -0.2) is 16.6 Å². The van der Waals surface area contributed by atoms with Gasteiger partial charge in [0.2, 0.25) is 0 Å². The number of carbonyl (C=O) groups is 1. The van der Waals surface area contributed by atoms with Gasteiger partial charge in [-0.05, 0) is 42.2 Å². The van der Waals surface area contributed by atoms with E-state index in [1.165, 1.54) is 6.92 Å². The van der Waals surface area contributed by atoms with Crippen LogP contribution in [-0.2, 0) is 9.53 Å². The second-order valence-electron chi connectivity index (χ2n) is 5.71. The Morgan fingerprint density at radius 3 is 2.61 bits per heavy atom. The van der Waals surface area contributed by atoms with E-state index < -0.39 is 5.60 Å². The summed E-state index contributed by atoms with van der Waals surface area (Å²) in [6.07, 6.45) is 5.13. The van der Waals surface area contributed by atoms with Crippen LogP contribution in [0.4, 0.5) is 0 Å². The van der Waals surface area contributed by atoms with Gasteiger partial charge in [0, 0.05) is 24.9 Å². The summed E-state index contributed by atoms with van der Waals surface area (Å²) in [4.78, 5) is 15.6. The van der Waals surface area contributed by atoms with Crippen molar-refractivity contribution in [3.8, 4) is 17.2 Å². The molecule has 0 N–H and O–H groups in total. The highest BCUT2D eigenvalue weighted by atomic mass is 32.1. The lowest BCUT2D eigenvalue weighted by molar-refractivity contribution is -0.148. The molecule has 1 fully saturated rings. The molecule has 1 atom stereocenters. The van der Waals surface area contributed by atoms with Gasteiger partial charge in [0.25, 0.3) is 0 Å². The number of esters is 1. The van der Waals surface area contributed by atoms with Crippen molar-refractivity contribution in [2.24, 2.45) is 0 Å². The van der Waals surface area contributed by atoms with Gasteiger partial charge in [0.1, 0.15) is 5.60 Å². The largest absolute Gasteiger partial charge is 0.458 e. The molecule has 0 saturated heterocycles. The number of thiol groups is 1. The Morgan fingerprint density at radius 1 is 1.35 bits per heavy atom. The fourth-order valence-electron chi connectivity index (χ4n) is 2.73. The molecule has 1 aliphatic rings. The number of benzene rings is 1. The van der Waals surface area contributed by atoms with Crippen LogP contribution < -0.4 is 0 Å². The molecule has 1 aromatic heterocycles. The predicted molar refractivity (Wildman–Crippen MR) is 89.8 cm³/mol. The molecule has 0 amide bonds. The molecule has 1 aliphatic carbocycles. The second kappa shape index (κ2) is 6.05. The first-order valence-electron chi connectivity index (χ1n) is 7.38. The zero-order valence-electron chi connectivity index (χ0n) is 12.7. The summed E-state index contributed by atoms with van der Waals surface area (Å²) >= 11 is 4.74. The van der Waals surface area contributed by atoms with E-state index in [4.69, 9.17) is 22.6 Å². The number of hydrogen-bond acceptors (Lipinski definition) is 5. The van der Waals surface area contributed by atoms with E-state index in [2.05, 4.69) is 11.1 Å². The lowest BCUT2D eigenvalue weighted by Crippen LogP contribution is -2.23. The lowest BCUT2D eigenvalue weighted by Gasteiger charge is -2.24. The van der Waals surface area contributed by atoms with Gasteiger partial charge in [-0.3, -0.25) is 9.78 Å². The van der Waals surface area contributed by atoms with Crippen LogP contribution in [0.5, 0.6) is 0 Å². The summed E-state index contributed by atoms with van der Waals surface area (Å²) in [5.41, 5.74) is 2.98. The van der Waals surface area contributed by atoms with Crippen LogP contribution in [0, 0.1) is 11.3 Å². The smallest absolute Gasteiger partial charge is 0.303 e. The summed E-state index contributed by atoms with van der Waals surface area (Å²) in [7, 11) is 0. The third-order valence-electron chi connectivity index (χ3n) is 4.06. The minimum absolute atomic E-state index is 0.208. The standard InChI is InChI=1S/C18H16N2O2S/c1-12(21)22-18(7-8-18)17(23)15-6-9-20-11-16(15)14-4-2-13(10-19)3-5-14/h2-6,9,11,17,23H,7-8H2,1H3. The lowest BCUT2D eigenvalue weighted by atomic mass is 9.96. The number of ether oxygens (including phenoxy) is 1. The summed E-state index contributed by atoms with van der Waals surface area (Å²) < 4.78 is 5.51. The molecular weight excluding hydrogens is 308 g/mol. The molecule has 0 aliphatic heterocycles. The van der Waals surface area contributed by atoms with Crippen molar-refractivity contribution in [3.05, 3.63) is 53.9 Å². The molecule has 23 heavy (non-hydrogen) atoms. The number of rotatable bonds is 4.